The summed E-state index contributed by atoms with van der Waals surface area (Å²) < 4.78 is 5.56. The number of piperazine rings is 1. The predicted octanol–water partition coefficient (Wildman–Crippen LogP) is 2.14. The van der Waals surface area contributed by atoms with Crippen LogP contribution in [0.1, 0.15) is 5.56 Å². The minimum absolute atomic E-state index is 0.0465. The molecular formula is C19H20Cl2N4O3. The molecule has 1 fully saturated rings. The highest BCUT2D eigenvalue weighted by atomic mass is 35.5. The molecule has 0 saturated carbocycles. The van der Waals surface area contributed by atoms with Crippen molar-refractivity contribution in [2.75, 3.05) is 37.7 Å². The summed E-state index contributed by atoms with van der Waals surface area (Å²) in [6.45, 7) is 2.32. The Morgan fingerprint density at radius 3 is 2.39 bits per heavy atom. The normalized spacial score (nSPS) is 14.1. The van der Waals surface area contributed by atoms with Crippen molar-refractivity contribution in [2.45, 2.75) is 6.42 Å². The molecule has 3 rings (SSSR count). The molecule has 0 radical (unpaired) electrons. The Labute approximate surface area is 173 Å². The van der Waals surface area contributed by atoms with Gasteiger partial charge in [-0.15, -0.1) is 0 Å². The maximum atomic E-state index is 12.4. The molecule has 0 atom stereocenters. The van der Waals surface area contributed by atoms with Crippen LogP contribution in [0, 0.1) is 0 Å². The van der Waals surface area contributed by atoms with Crippen LogP contribution in [0.2, 0.25) is 10.0 Å². The van der Waals surface area contributed by atoms with E-state index >= 15 is 0 Å². The summed E-state index contributed by atoms with van der Waals surface area (Å²) in [5.74, 6) is 0.761. The molecule has 1 saturated heterocycles. The number of anilines is 1. The molecule has 2 aromatic rings. The van der Waals surface area contributed by atoms with Gasteiger partial charge in [0.05, 0.1) is 16.5 Å². The van der Waals surface area contributed by atoms with Gasteiger partial charge in [-0.1, -0.05) is 35.3 Å². The number of nitrogens with zero attached hydrogens (tertiary/aromatic N) is 3. The Bertz CT molecular complexity index is 853. The average molecular weight is 423 g/mol. The first kappa shape index (κ1) is 20.2. The summed E-state index contributed by atoms with van der Waals surface area (Å²) in [4.78, 5) is 31.4. The fraction of sp³-hybridized carbons (Fsp3) is 0.316. The van der Waals surface area contributed by atoms with Crippen LogP contribution >= 0.6 is 23.2 Å². The molecule has 1 aliphatic rings. The van der Waals surface area contributed by atoms with Crippen LogP contribution in [0.5, 0.6) is 5.75 Å². The van der Waals surface area contributed by atoms with E-state index in [-0.39, 0.29) is 18.9 Å². The Hall–Kier alpha value is -2.51. The zero-order valence-corrected chi connectivity index (χ0v) is 16.6. The van der Waals surface area contributed by atoms with Crippen molar-refractivity contribution in [3.8, 4) is 5.75 Å². The van der Waals surface area contributed by atoms with E-state index in [1.165, 1.54) is 0 Å². The maximum absolute atomic E-state index is 12.4. The van der Waals surface area contributed by atoms with Gasteiger partial charge in [-0.05, 0) is 23.8 Å². The van der Waals surface area contributed by atoms with Gasteiger partial charge < -0.3 is 20.3 Å². The van der Waals surface area contributed by atoms with E-state index in [1.54, 1.807) is 41.4 Å². The summed E-state index contributed by atoms with van der Waals surface area (Å²) in [7, 11) is 0. The van der Waals surface area contributed by atoms with E-state index in [2.05, 4.69) is 4.98 Å². The number of rotatable bonds is 6. The molecule has 2 heterocycles. The summed E-state index contributed by atoms with van der Waals surface area (Å²) in [6.07, 6.45) is 1.73. The number of primary amides is 1. The van der Waals surface area contributed by atoms with Crippen LogP contribution in [0.4, 0.5) is 5.82 Å². The van der Waals surface area contributed by atoms with Crippen LogP contribution < -0.4 is 15.4 Å². The fourth-order valence-corrected chi connectivity index (χ4v) is 3.45. The number of carbonyl (C=O) groups excluding carboxylic acids is 2. The van der Waals surface area contributed by atoms with Gasteiger partial charge in [-0.25, -0.2) is 4.98 Å². The Morgan fingerprint density at radius 1 is 1.11 bits per heavy atom. The number of halogens is 2. The third kappa shape index (κ3) is 5.27. The van der Waals surface area contributed by atoms with Crippen molar-refractivity contribution in [2.24, 2.45) is 5.73 Å². The van der Waals surface area contributed by atoms with E-state index in [0.29, 0.717) is 47.8 Å². The summed E-state index contributed by atoms with van der Waals surface area (Å²) in [5, 5.41) is 0.984. The summed E-state index contributed by atoms with van der Waals surface area (Å²) in [5.41, 5.74) is 5.97. The predicted molar refractivity (Wildman–Crippen MR) is 108 cm³/mol. The monoisotopic (exact) mass is 422 g/mol. The standard InChI is InChI=1S/C19H20Cl2N4O3/c20-14-10-16(21)19(23-11-14)25-7-5-24(6-8-25)18(27)12-28-15-3-1-13(2-4-15)9-17(22)26/h1-4,10-11H,5-9,12H2,(H2,22,26). The number of amides is 2. The van der Waals surface area contributed by atoms with Crippen molar-refractivity contribution in [1.82, 2.24) is 9.88 Å². The first-order chi connectivity index (χ1) is 13.4. The average Bonchev–Trinajstić information content (AvgIpc) is 2.67. The third-order valence-corrected chi connectivity index (χ3v) is 4.87. The number of ether oxygens (including phenoxy) is 1. The van der Waals surface area contributed by atoms with Gasteiger partial charge in [0, 0.05) is 32.4 Å². The summed E-state index contributed by atoms with van der Waals surface area (Å²) >= 11 is 12.1. The van der Waals surface area contributed by atoms with Crippen LogP contribution in [-0.2, 0) is 16.0 Å². The molecule has 0 aliphatic carbocycles. The van der Waals surface area contributed by atoms with Gasteiger partial charge in [0.15, 0.2) is 6.61 Å². The second kappa shape index (κ2) is 9.12. The number of nitrogens with two attached hydrogens (primary N) is 1. The van der Waals surface area contributed by atoms with Gasteiger partial charge in [-0.3, -0.25) is 9.59 Å². The van der Waals surface area contributed by atoms with Crippen molar-refractivity contribution in [1.29, 1.82) is 0 Å². The Balaban J connectivity index is 1.48. The van der Waals surface area contributed by atoms with Gasteiger partial charge in [-0.2, -0.15) is 0 Å². The quantitative estimate of drug-likeness (QED) is 0.769. The van der Waals surface area contributed by atoms with E-state index in [4.69, 9.17) is 33.7 Å². The number of pyridine rings is 1. The van der Waals surface area contributed by atoms with Crippen molar-refractivity contribution in [3.63, 3.8) is 0 Å². The first-order valence-electron chi connectivity index (χ1n) is 8.76. The van der Waals surface area contributed by atoms with Crippen molar-refractivity contribution < 1.29 is 14.3 Å². The number of hydrogen-bond acceptors (Lipinski definition) is 5. The van der Waals surface area contributed by atoms with Gasteiger partial charge >= 0.3 is 0 Å². The van der Waals surface area contributed by atoms with Gasteiger partial charge in [0.25, 0.3) is 5.91 Å². The lowest BCUT2D eigenvalue weighted by Crippen LogP contribution is -2.50. The molecular weight excluding hydrogens is 403 g/mol. The Kier molecular flexibility index (Phi) is 6.59. The number of benzene rings is 1. The second-order valence-electron chi connectivity index (χ2n) is 6.40. The molecule has 1 aromatic carbocycles. The molecule has 0 unspecified atom stereocenters. The minimum Gasteiger partial charge on any atom is -0.484 e. The lowest BCUT2D eigenvalue weighted by atomic mass is 10.1. The fourth-order valence-electron chi connectivity index (χ4n) is 2.95. The molecule has 9 heteroatoms. The maximum Gasteiger partial charge on any atom is 0.260 e. The molecule has 28 heavy (non-hydrogen) atoms. The number of hydrogen-bond donors (Lipinski definition) is 1. The first-order valence-corrected chi connectivity index (χ1v) is 9.52. The van der Waals surface area contributed by atoms with E-state index in [1.807, 2.05) is 4.90 Å². The third-order valence-electron chi connectivity index (χ3n) is 4.38. The van der Waals surface area contributed by atoms with Crippen LogP contribution in [0.3, 0.4) is 0 Å². The lowest BCUT2D eigenvalue weighted by Gasteiger charge is -2.35. The minimum atomic E-state index is -0.391. The van der Waals surface area contributed by atoms with Crippen LogP contribution in [0.25, 0.3) is 0 Å². The smallest absolute Gasteiger partial charge is 0.260 e. The zero-order chi connectivity index (χ0) is 20.1. The van der Waals surface area contributed by atoms with Gasteiger partial charge in [0.2, 0.25) is 5.91 Å². The SMILES string of the molecule is NC(=O)Cc1ccc(OCC(=O)N2CCN(c3ncc(Cl)cc3Cl)CC2)cc1. The molecule has 0 bridgehead atoms. The summed E-state index contributed by atoms with van der Waals surface area (Å²) in [6, 6.07) is 8.61. The number of aromatic nitrogens is 1. The van der Waals surface area contributed by atoms with Crippen LogP contribution in [-0.4, -0.2) is 54.5 Å². The van der Waals surface area contributed by atoms with E-state index in [9.17, 15) is 9.59 Å². The molecule has 0 spiro atoms. The second-order valence-corrected chi connectivity index (χ2v) is 7.25. The molecule has 1 aromatic heterocycles. The molecule has 2 amide bonds. The topological polar surface area (TPSA) is 88.8 Å². The van der Waals surface area contributed by atoms with Crippen molar-refractivity contribution in [3.05, 3.63) is 52.1 Å². The Morgan fingerprint density at radius 2 is 1.79 bits per heavy atom. The van der Waals surface area contributed by atoms with Crippen LogP contribution in [0.15, 0.2) is 36.5 Å². The number of carbonyl (C=O) groups is 2. The van der Waals surface area contributed by atoms with E-state index < -0.39 is 5.91 Å². The lowest BCUT2D eigenvalue weighted by molar-refractivity contribution is -0.133. The molecule has 2 N–H and O–H groups in total. The molecule has 7 nitrogen and oxygen atoms in total. The highest BCUT2D eigenvalue weighted by Gasteiger charge is 2.23. The highest BCUT2D eigenvalue weighted by Crippen LogP contribution is 2.26. The molecule has 1 aliphatic heterocycles. The highest BCUT2D eigenvalue weighted by molar-refractivity contribution is 6.36. The largest absolute Gasteiger partial charge is 0.484 e. The van der Waals surface area contributed by atoms with Crippen molar-refractivity contribution >= 4 is 40.8 Å². The zero-order valence-electron chi connectivity index (χ0n) is 15.1. The van der Waals surface area contributed by atoms with Gasteiger partial charge in [0.1, 0.15) is 11.6 Å². The van der Waals surface area contributed by atoms with E-state index in [0.717, 1.165) is 5.56 Å². The molecule has 148 valence electrons.